The van der Waals surface area contributed by atoms with E-state index in [2.05, 4.69) is 14.4 Å². The van der Waals surface area contributed by atoms with Crippen molar-refractivity contribution >= 4 is 27.8 Å². The van der Waals surface area contributed by atoms with E-state index in [1.54, 1.807) is 39.0 Å². The molecule has 1 aromatic carbocycles. The number of carbonyl (C=O) groups excluding carboxylic acids is 1. The number of nitrogens with one attached hydrogen (secondary N) is 2. The van der Waals surface area contributed by atoms with Crippen LogP contribution in [0, 0.1) is 0 Å². The third-order valence-corrected chi connectivity index (χ3v) is 5.24. The number of hydrogen-bond donors (Lipinski definition) is 3. The molecule has 4 N–H and O–H groups in total. The van der Waals surface area contributed by atoms with Crippen molar-refractivity contribution in [3.63, 3.8) is 0 Å². The molecule has 0 spiro atoms. The van der Waals surface area contributed by atoms with E-state index in [4.69, 9.17) is 15.2 Å². The number of nitrogens with zero attached hydrogens (tertiary/aromatic N) is 1. The maximum absolute atomic E-state index is 12.1. The lowest BCUT2D eigenvalue weighted by molar-refractivity contribution is 0.0294. The van der Waals surface area contributed by atoms with Crippen molar-refractivity contribution in [3.8, 4) is 5.75 Å². The topological polar surface area (TPSA) is 132 Å². The lowest BCUT2D eigenvalue weighted by atomic mass is 9.77. The summed E-state index contributed by atoms with van der Waals surface area (Å²) in [6.07, 6.45) is 2.00. The molecule has 0 aromatic heterocycles. The van der Waals surface area contributed by atoms with Crippen LogP contribution < -0.4 is 20.5 Å². The number of nitrogens with two attached hydrogens (primary N) is 1. The van der Waals surface area contributed by atoms with Gasteiger partial charge in [-0.2, -0.15) is 8.42 Å². The van der Waals surface area contributed by atoms with Crippen molar-refractivity contribution in [3.05, 3.63) is 23.8 Å². The number of alkyl carbamates (subject to hydrolysis) is 1. The first-order valence-electron chi connectivity index (χ1n) is 8.64. The molecule has 1 aliphatic heterocycles. The number of rotatable bonds is 4. The SMILES string of the molecule is CC(C)(C)OC(=O)NC1(COc2cccc3c2C(N)=NS(=O)(=O)N3)CCC1. The van der Waals surface area contributed by atoms with Crippen molar-refractivity contribution in [2.45, 2.75) is 51.2 Å². The van der Waals surface area contributed by atoms with Gasteiger partial charge in [0.2, 0.25) is 0 Å². The largest absolute Gasteiger partial charge is 0.490 e. The monoisotopic (exact) mass is 396 g/mol. The van der Waals surface area contributed by atoms with Gasteiger partial charge in [-0.3, -0.25) is 4.72 Å². The first-order chi connectivity index (χ1) is 12.5. The van der Waals surface area contributed by atoms with Crippen LogP contribution in [0.1, 0.15) is 45.6 Å². The van der Waals surface area contributed by atoms with Crippen LogP contribution in [0.4, 0.5) is 10.5 Å². The Bertz CT molecular complexity index is 885. The molecule has 1 fully saturated rings. The molecule has 10 heteroatoms. The van der Waals surface area contributed by atoms with Crippen LogP contribution in [0.2, 0.25) is 0 Å². The standard InChI is InChI=1S/C17H24N4O5S/c1-16(2,3)26-15(22)19-17(8-5-9-17)10-25-12-7-4-6-11-13(12)14(18)21-27(23,24)20-11/h4,6-7,20H,5,8-10H2,1-3H3,(H2,18,21)(H,19,22). The fourth-order valence-corrected chi connectivity index (χ4v) is 3.83. The van der Waals surface area contributed by atoms with E-state index in [1.807, 2.05) is 0 Å². The highest BCUT2D eigenvalue weighted by atomic mass is 32.2. The van der Waals surface area contributed by atoms with Gasteiger partial charge in [0.05, 0.1) is 16.8 Å². The minimum Gasteiger partial charge on any atom is -0.490 e. The zero-order valence-corrected chi connectivity index (χ0v) is 16.4. The van der Waals surface area contributed by atoms with E-state index in [0.717, 1.165) is 19.3 Å². The summed E-state index contributed by atoms with van der Waals surface area (Å²) in [5.74, 6) is 0.260. The molecule has 9 nitrogen and oxygen atoms in total. The van der Waals surface area contributed by atoms with Gasteiger partial charge in [0.25, 0.3) is 0 Å². The Morgan fingerprint density at radius 1 is 1.37 bits per heavy atom. The maximum Gasteiger partial charge on any atom is 0.408 e. The van der Waals surface area contributed by atoms with Crippen LogP contribution in [-0.2, 0) is 14.9 Å². The van der Waals surface area contributed by atoms with Gasteiger partial charge in [-0.15, -0.1) is 4.40 Å². The van der Waals surface area contributed by atoms with Gasteiger partial charge in [-0.1, -0.05) is 6.07 Å². The van der Waals surface area contributed by atoms with Gasteiger partial charge >= 0.3 is 16.3 Å². The summed E-state index contributed by atoms with van der Waals surface area (Å²) in [7, 11) is -3.85. The van der Waals surface area contributed by atoms with Crippen molar-refractivity contribution in [2.75, 3.05) is 11.3 Å². The Hall–Kier alpha value is -2.49. The molecular weight excluding hydrogens is 372 g/mol. The summed E-state index contributed by atoms with van der Waals surface area (Å²) in [5.41, 5.74) is 5.41. The number of hydrogen-bond acceptors (Lipinski definition) is 6. The zero-order chi connectivity index (χ0) is 19.9. The van der Waals surface area contributed by atoms with E-state index < -0.39 is 27.4 Å². The smallest absolute Gasteiger partial charge is 0.408 e. The van der Waals surface area contributed by atoms with E-state index in [-0.39, 0.29) is 12.4 Å². The summed E-state index contributed by atoms with van der Waals surface area (Å²) in [4.78, 5) is 12.1. The number of fused-ring (bicyclic) bond motifs is 1. The first-order valence-corrected chi connectivity index (χ1v) is 10.1. The molecule has 0 saturated heterocycles. The van der Waals surface area contributed by atoms with Crippen molar-refractivity contribution in [1.29, 1.82) is 0 Å². The lowest BCUT2D eigenvalue weighted by Gasteiger charge is -2.42. The highest BCUT2D eigenvalue weighted by Crippen LogP contribution is 2.35. The number of amidine groups is 1. The second-order valence-electron chi connectivity index (χ2n) is 7.78. The summed E-state index contributed by atoms with van der Waals surface area (Å²) in [5, 5.41) is 2.90. The Balaban J connectivity index is 1.74. The average molecular weight is 396 g/mol. The predicted octanol–water partition coefficient (Wildman–Crippen LogP) is 1.89. The van der Waals surface area contributed by atoms with Crippen LogP contribution in [0.25, 0.3) is 0 Å². The Morgan fingerprint density at radius 3 is 2.67 bits per heavy atom. The molecule has 3 rings (SSSR count). The quantitative estimate of drug-likeness (QED) is 0.712. The molecule has 148 valence electrons. The van der Waals surface area contributed by atoms with Crippen molar-refractivity contribution in [1.82, 2.24) is 5.32 Å². The maximum atomic E-state index is 12.1. The van der Waals surface area contributed by atoms with E-state index in [9.17, 15) is 13.2 Å². The fourth-order valence-electron chi connectivity index (χ4n) is 2.98. The molecule has 0 atom stereocenters. The van der Waals surface area contributed by atoms with E-state index in [0.29, 0.717) is 17.0 Å². The van der Waals surface area contributed by atoms with Gasteiger partial charge in [0, 0.05) is 0 Å². The van der Waals surface area contributed by atoms with E-state index in [1.165, 1.54) is 0 Å². The number of ether oxygens (including phenoxy) is 2. The Labute approximate surface area is 158 Å². The van der Waals surface area contributed by atoms with Gasteiger partial charge in [0.1, 0.15) is 18.0 Å². The van der Waals surface area contributed by atoms with E-state index >= 15 is 0 Å². The average Bonchev–Trinajstić information content (AvgIpc) is 2.46. The van der Waals surface area contributed by atoms with Crippen molar-refractivity contribution in [2.24, 2.45) is 10.1 Å². The number of carbonyl (C=O) groups is 1. The number of anilines is 1. The van der Waals surface area contributed by atoms with Crippen molar-refractivity contribution < 1.29 is 22.7 Å². The minimum atomic E-state index is -3.85. The van der Waals surface area contributed by atoms with Gasteiger partial charge in [0.15, 0.2) is 5.84 Å². The highest BCUT2D eigenvalue weighted by Gasteiger charge is 2.41. The first kappa shape index (κ1) is 19.3. The molecule has 1 amide bonds. The third kappa shape index (κ3) is 4.44. The van der Waals surface area contributed by atoms with Crippen LogP contribution >= 0.6 is 0 Å². The highest BCUT2D eigenvalue weighted by molar-refractivity contribution is 7.91. The Morgan fingerprint density at radius 2 is 2.07 bits per heavy atom. The lowest BCUT2D eigenvalue weighted by Crippen LogP contribution is -2.58. The molecule has 1 aromatic rings. The Kier molecular flexibility index (Phi) is 4.71. The molecule has 27 heavy (non-hydrogen) atoms. The third-order valence-electron chi connectivity index (χ3n) is 4.32. The second kappa shape index (κ2) is 6.59. The predicted molar refractivity (Wildman–Crippen MR) is 101 cm³/mol. The molecule has 1 saturated carbocycles. The fraction of sp³-hybridized carbons (Fsp3) is 0.529. The molecular formula is C17H24N4O5S. The minimum absolute atomic E-state index is 0.137. The number of amides is 1. The summed E-state index contributed by atoms with van der Waals surface area (Å²) >= 11 is 0. The molecule has 0 bridgehead atoms. The van der Waals surface area contributed by atoms with Gasteiger partial charge in [-0.05, 0) is 52.2 Å². The van der Waals surface area contributed by atoms with Crippen LogP contribution in [0.5, 0.6) is 5.75 Å². The molecule has 0 unspecified atom stereocenters. The van der Waals surface area contributed by atoms with Gasteiger partial charge < -0.3 is 20.5 Å². The summed E-state index contributed by atoms with van der Waals surface area (Å²) in [6, 6.07) is 4.92. The molecule has 2 aliphatic rings. The normalized spacial score (nSPS) is 19.6. The molecule has 1 heterocycles. The molecule has 1 aliphatic carbocycles. The van der Waals surface area contributed by atoms with Gasteiger partial charge in [-0.25, -0.2) is 4.79 Å². The second-order valence-corrected chi connectivity index (χ2v) is 9.12. The van der Waals surface area contributed by atoms with Crippen LogP contribution in [-0.4, -0.2) is 38.1 Å². The summed E-state index contributed by atoms with van der Waals surface area (Å²) < 4.78 is 40.4. The van der Waals surface area contributed by atoms with Crippen LogP contribution in [0.3, 0.4) is 0 Å². The zero-order valence-electron chi connectivity index (χ0n) is 15.5. The molecule has 0 radical (unpaired) electrons. The summed E-state index contributed by atoms with van der Waals surface area (Å²) in [6.45, 7) is 5.62. The van der Waals surface area contributed by atoms with Crippen LogP contribution in [0.15, 0.2) is 22.6 Å². The number of benzene rings is 1.